The molecule has 0 unspecified atom stereocenters. The fourth-order valence-corrected chi connectivity index (χ4v) is 2.93. The van der Waals surface area contributed by atoms with Crippen LogP contribution in [0, 0.1) is 0 Å². The lowest BCUT2D eigenvalue weighted by molar-refractivity contribution is 0.597. The van der Waals surface area contributed by atoms with Crippen LogP contribution in [0.15, 0.2) is 29.2 Å². The number of nitrogens with zero attached hydrogens (tertiary/aromatic N) is 1. The van der Waals surface area contributed by atoms with Crippen molar-refractivity contribution in [2.24, 2.45) is 0 Å². The standard InChI is InChI=1S/C14H22ClNO2S/c1-4-19(17,18)14-8-6-13(7-9-14)16(12(2)3)11-5-10-15/h6-9,12H,4-5,10-11H2,1-3H3. The van der Waals surface area contributed by atoms with Gasteiger partial charge in [0.15, 0.2) is 9.84 Å². The molecule has 0 aliphatic heterocycles. The molecule has 19 heavy (non-hydrogen) atoms. The monoisotopic (exact) mass is 303 g/mol. The minimum absolute atomic E-state index is 0.131. The molecule has 0 aromatic heterocycles. The normalized spacial score (nSPS) is 11.8. The van der Waals surface area contributed by atoms with Crippen LogP contribution in [0.3, 0.4) is 0 Å². The van der Waals surface area contributed by atoms with Crippen LogP contribution in [0.2, 0.25) is 0 Å². The molecular formula is C14H22ClNO2S. The van der Waals surface area contributed by atoms with E-state index in [1.807, 2.05) is 12.1 Å². The molecule has 5 heteroatoms. The molecule has 0 radical (unpaired) electrons. The molecule has 0 saturated heterocycles. The Morgan fingerprint density at radius 3 is 2.21 bits per heavy atom. The predicted octanol–water partition coefficient (Wildman–Crippen LogP) is 3.32. The van der Waals surface area contributed by atoms with Crippen LogP contribution in [-0.4, -0.2) is 32.6 Å². The first-order valence-corrected chi connectivity index (χ1v) is 8.76. The number of benzene rings is 1. The maximum atomic E-state index is 11.8. The maximum absolute atomic E-state index is 11.8. The molecule has 0 heterocycles. The first kappa shape index (κ1) is 16.3. The Morgan fingerprint density at radius 2 is 1.79 bits per heavy atom. The SMILES string of the molecule is CCS(=O)(=O)c1ccc(N(CCCCl)C(C)C)cc1. The van der Waals surface area contributed by atoms with Gasteiger partial charge in [-0.05, 0) is 44.5 Å². The highest BCUT2D eigenvalue weighted by molar-refractivity contribution is 7.91. The number of hydrogen-bond donors (Lipinski definition) is 0. The molecule has 3 nitrogen and oxygen atoms in total. The Balaban J connectivity index is 2.95. The zero-order valence-electron chi connectivity index (χ0n) is 11.8. The molecule has 0 atom stereocenters. The Bertz CT molecular complexity index is 483. The Labute approximate surface area is 121 Å². The summed E-state index contributed by atoms with van der Waals surface area (Å²) >= 11 is 5.74. The summed E-state index contributed by atoms with van der Waals surface area (Å²) in [5, 5.41) is 0. The number of anilines is 1. The fraction of sp³-hybridized carbons (Fsp3) is 0.571. The summed E-state index contributed by atoms with van der Waals surface area (Å²) < 4.78 is 23.5. The highest BCUT2D eigenvalue weighted by Crippen LogP contribution is 2.21. The molecule has 108 valence electrons. The Morgan fingerprint density at radius 1 is 1.21 bits per heavy atom. The van der Waals surface area contributed by atoms with Crippen LogP contribution in [0.1, 0.15) is 27.2 Å². The smallest absolute Gasteiger partial charge is 0.178 e. The molecular weight excluding hydrogens is 282 g/mol. The van der Waals surface area contributed by atoms with Crippen molar-refractivity contribution in [1.82, 2.24) is 0 Å². The zero-order chi connectivity index (χ0) is 14.5. The van der Waals surface area contributed by atoms with E-state index in [1.54, 1.807) is 19.1 Å². The van der Waals surface area contributed by atoms with E-state index in [-0.39, 0.29) is 5.75 Å². The second kappa shape index (κ2) is 7.15. The topological polar surface area (TPSA) is 37.4 Å². The summed E-state index contributed by atoms with van der Waals surface area (Å²) in [6.45, 7) is 6.76. The van der Waals surface area contributed by atoms with Crippen molar-refractivity contribution in [3.8, 4) is 0 Å². The molecule has 0 aliphatic rings. The second-order valence-electron chi connectivity index (χ2n) is 4.73. The number of alkyl halides is 1. The van der Waals surface area contributed by atoms with Gasteiger partial charge < -0.3 is 4.90 Å². The minimum atomic E-state index is -3.12. The molecule has 0 fully saturated rings. The lowest BCUT2D eigenvalue weighted by atomic mass is 10.2. The van der Waals surface area contributed by atoms with Gasteiger partial charge in [0.05, 0.1) is 10.6 Å². The third-order valence-electron chi connectivity index (χ3n) is 3.06. The summed E-state index contributed by atoms with van der Waals surface area (Å²) in [5.74, 6) is 0.762. The number of halogens is 1. The maximum Gasteiger partial charge on any atom is 0.178 e. The van der Waals surface area contributed by atoms with Crippen LogP contribution in [0.25, 0.3) is 0 Å². The average molecular weight is 304 g/mol. The summed E-state index contributed by atoms with van der Waals surface area (Å²) in [4.78, 5) is 2.62. The molecule has 0 saturated carbocycles. The van der Waals surface area contributed by atoms with Gasteiger partial charge in [0.1, 0.15) is 0 Å². The molecule has 1 aromatic carbocycles. The Kier molecular flexibility index (Phi) is 6.14. The van der Waals surface area contributed by atoms with Gasteiger partial charge in [0.2, 0.25) is 0 Å². The number of rotatable bonds is 7. The van der Waals surface area contributed by atoms with Crippen molar-refractivity contribution in [3.05, 3.63) is 24.3 Å². The lowest BCUT2D eigenvalue weighted by Crippen LogP contribution is -2.31. The van der Waals surface area contributed by atoms with E-state index in [0.29, 0.717) is 16.8 Å². The van der Waals surface area contributed by atoms with E-state index in [9.17, 15) is 8.42 Å². The summed E-state index contributed by atoms with van der Waals surface area (Å²) in [6, 6.07) is 7.47. The predicted molar refractivity (Wildman–Crippen MR) is 82.0 cm³/mol. The quantitative estimate of drug-likeness (QED) is 0.725. The van der Waals surface area contributed by atoms with Crippen LogP contribution >= 0.6 is 11.6 Å². The van der Waals surface area contributed by atoms with Gasteiger partial charge in [-0.15, -0.1) is 11.6 Å². The van der Waals surface area contributed by atoms with E-state index in [1.165, 1.54) is 0 Å². The van der Waals surface area contributed by atoms with Gasteiger partial charge in [-0.1, -0.05) is 6.92 Å². The highest BCUT2D eigenvalue weighted by Gasteiger charge is 2.14. The van der Waals surface area contributed by atoms with Crippen molar-refractivity contribution in [1.29, 1.82) is 0 Å². The molecule has 0 N–H and O–H groups in total. The summed E-state index contributed by atoms with van der Waals surface area (Å²) in [5.41, 5.74) is 1.04. The van der Waals surface area contributed by atoms with E-state index in [2.05, 4.69) is 18.7 Å². The van der Waals surface area contributed by atoms with E-state index >= 15 is 0 Å². The summed E-state index contributed by atoms with van der Waals surface area (Å²) in [7, 11) is -3.12. The van der Waals surface area contributed by atoms with Gasteiger partial charge in [-0.2, -0.15) is 0 Å². The first-order valence-electron chi connectivity index (χ1n) is 6.57. The highest BCUT2D eigenvalue weighted by atomic mass is 35.5. The fourth-order valence-electron chi connectivity index (χ4n) is 1.93. The van der Waals surface area contributed by atoms with E-state index < -0.39 is 9.84 Å². The molecule has 0 spiro atoms. The molecule has 0 amide bonds. The minimum Gasteiger partial charge on any atom is -0.369 e. The van der Waals surface area contributed by atoms with Gasteiger partial charge in [0, 0.05) is 24.2 Å². The van der Waals surface area contributed by atoms with E-state index in [0.717, 1.165) is 18.7 Å². The lowest BCUT2D eigenvalue weighted by Gasteiger charge is -2.29. The number of sulfone groups is 1. The van der Waals surface area contributed by atoms with E-state index in [4.69, 9.17) is 11.6 Å². The molecule has 0 aliphatic carbocycles. The van der Waals surface area contributed by atoms with Crippen LogP contribution < -0.4 is 4.90 Å². The van der Waals surface area contributed by atoms with Crippen LogP contribution in [-0.2, 0) is 9.84 Å². The third-order valence-corrected chi connectivity index (χ3v) is 5.08. The molecule has 0 bridgehead atoms. The van der Waals surface area contributed by atoms with Crippen molar-refractivity contribution in [3.63, 3.8) is 0 Å². The van der Waals surface area contributed by atoms with Crippen molar-refractivity contribution in [2.45, 2.75) is 38.1 Å². The third kappa shape index (κ3) is 4.39. The first-order chi connectivity index (χ1) is 8.92. The Hall–Kier alpha value is -0.740. The zero-order valence-corrected chi connectivity index (χ0v) is 13.3. The van der Waals surface area contributed by atoms with Crippen LogP contribution in [0.5, 0.6) is 0 Å². The molecule has 1 rings (SSSR count). The average Bonchev–Trinajstić information content (AvgIpc) is 2.39. The second-order valence-corrected chi connectivity index (χ2v) is 7.38. The van der Waals surface area contributed by atoms with Crippen molar-refractivity contribution >= 4 is 27.1 Å². The van der Waals surface area contributed by atoms with Crippen molar-refractivity contribution < 1.29 is 8.42 Å². The van der Waals surface area contributed by atoms with Gasteiger partial charge >= 0.3 is 0 Å². The molecule has 1 aromatic rings. The summed E-state index contributed by atoms with van der Waals surface area (Å²) in [6.07, 6.45) is 0.911. The van der Waals surface area contributed by atoms with Crippen molar-refractivity contribution in [2.75, 3.05) is 23.1 Å². The van der Waals surface area contributed by atoms with Crippen LogP contribution in [0.4, 0.5) is 5.69 Å². The van der Waals surface area contributed by atoms with Gasteiger partial charge in [-0.25, -0.2) is 8.42 Å². The largest absolute Gasteiger partial charge is 0.369 e. The number of hydrogen-bond acceptors (Lipinski definition) is 3. The van der Waals surface area contributed by atoms with Gasteiger partial charge in [0.25, 0.3) is 0 Å². The van der Waals surface area contributed by atoms with Gasteiger partial charge in [-0.3, -0.25) is 0 Å².